The number of nitrogen functional groups attached to an aromatic ring is 1. The summed E-state index contributed by atoms with van der Waals surface area (Å²) in [6.07, 6.45) is 3.66. The van der Waals surface area contributed by atoms with Crippen LogP contribution in [0.25, 0.3) is 11.2 Å². The molecule has 2 aromatic rings. The summed E-state index contributed by atoms with van der Waals surface area (Å²) in [7, 11) is -3.50. The van der Waals surface area contributed by atoms with Crippen molar-refractivity contribution < 1.29 is 28.4 Å². The molecule has 37 heavy (non-hydrogen) atoms. The first-order valence-corrected chi connectivity index (χ1v) is 14.4. The Morgan fingerprint density at radius 3 is 2.54 bits per heavy atom. The van der Waals surface area contributed by atoms with Crippen molar-refractivity contribution in [1.82, 2.24) is 29.7 Å². The second-order valence-electron chi connectivity index (χ2n) is 9.29. The molecular weight excluding hydrogens is 501 g/mol. The maximum absolute atomic E-state index is 13.8. The number of nitrogens with zero attached hydrogens (tertiary/aromatic N) is 4. The predicted molar refractivity (Wildman–Crippen MR) is 140 cm³/mol. The van der Waals surface area contributed by atoms with Gasteiger partial charge in [0.15, 0.2) is 11.5 Å². The fourth-order valence-corrected chi connectivity index (χ4v) is 5.27. The van der Waals surface area contributed by atoms with E-state index in [1.807, 2.05) is 13.8 Å². The number of rotatable bonds is 16. The summed E-state index contributed by atoms with van der Waals surface area (Å²) >= 11 is 0. The van der Waals surface area contributed by atoms with Crippen molar-refractivity contribution in [3.63, 3.8) is 0 Å². The van der Waals surface area contributed by atoms with Gasteiger partial charge in [0, 0.05) is 6.54 Å². The number of fused-ring (bicyclic) bond motifs is 1. The van der Waals surface area contributed by atoms with Gasteiger partial charge in [0.05, 0.1) is 37.6 Å². The van der Waals surface area contributed by atoms with Crippen LogP contribution in [0.1, 0.15) is 54.4 Å². The summed E-state index contributed by atoms with van der Waals surface area (Å²) in [4.78, 5) is 37.0. The van der Waals surface area contributed by atoms with Gasteiger partial charge in [0.2, 0.25) is 7.44 Å². The van der Waals surface area contributed by atoms with Crippen molar-refractivity contribution in [3.8, 4) is 0 Å². The van der Waals surface area contributed by atoms with Gasteiger partial charge in [-0.15, -0.1) is 0 Å². The van der Waals surface area contributed by atoms with Crippen molar-refractivity contribution in [2.75, 3.05) is 25.2 Å². The first-order chi connectivity index (χ1) is 17.5. The van der Waals surface area contributed by atoms with Crippen LogP contribution in [0.2, 0.25) is 0 Å². The molecule has 0 spiro atoms. The minimum absolute atomic E-state index is 0.0630. The molecule has 0 aliphatic heterocycles. The van der Waals surface area contributed by atoms with Gasteiger partial charge in [0.1, 0.15) is 24.2 Å². The SMILES string of the molecule is CCCCOC(=O)[C@H](C)N[P@@](=O)(CO[C@H](C)Cn1cnc2c(N)ncnc21)NC[C@H](C)C(=O)OC(C)C. The monoisotopic (exact) mass is 541 g/mol. The lowest BCUT2D eigenvalue weighted by Gasteiger charge is -2.26. The first-order valence-electron chi connectivity index (χ1n) is 12.5. The molecule has 0 amide bonds. The number of hydrogen-bond acceptors (Lipinski definition) is 10. The Bertz CT molecular complexity index is 1080. The number of aromatic nitrogens is 4. The number of imidazole rings is 1. The Hall–Kier alpha value is -2.60. The van der Waals surface area contributed by atoms with E-state index in [1.165, 1.54) is 6.33 Å². The van der Waals surface area contributed by atoms with Gasteiger partial charge in [-0.25, -0.2) is 20.0 Å². The van der Waals surface area contributed by atoms with E-state index in [-0.39, 0.29) is 31.4 Å². The van der Waals surface area contributed by atoms with E-state index < -0.39 is 37.4 Å². The van der Waals surface area contributed by atoms with E-state index in [9.17, 15) is 14.2 Å². The molecule has 0 radical (unpaired) electrons. The molecule has 13 nitrogen and oxygen atoms in total. The topological polar surface area (TPSA) is 173 Å². The number of nitrogens with two attached hydrogens (primary N) is 1. The molecule has 0 aliphatic carbocycles. The van der Waals surface area contributed by atoms with Crippen LogP contribution in [0.4, 0.5) is 5.82 Å². The Kier molecular flexibility index (Phi) is 11.9. The predicted octanol–water partition coefficient (Wildman–Crippen LogP) is 2.46. The molecule has 208 valence electrons. The fraction of sp³-hybridized carbons (Fsp3) is 0.696. The molecule has 0 aliphatic rings. The molecule has 2 aromatic heterocycles. The average Bonchev–Trinajstić information content (AvgIpc) is 3.25. The van der Waals surface area contributed by atoms with E-state index >= 15 is 0 Å². The largest absolute Gasteiger partial charge is 0.465 e. The van der Waals surface area contributed by atoms with Crippen LogP contribution in [0, 0.1) is 5.92 Å². The highest BCUT2D eigenvalue weighted by molar-refractivity contribution is 7.59. The quantitative estimate of drug-likeness (QED) is 0.161. The van der Waals surface area contributed by atoms with Crippen molar-refractivity contribution in [1.29, 1.82) is 0 Å². The van der Waals surface area contributed by atoms with Crippen LogP contribution in [-0.4, -0.2) is 69.2 Å². The van der Waals surface area contributed by atoms with Crippen LogP contribution in [0.3, 0.4) is 0 Å². The minimum atomic E-state index is -3.50. The summed E-state index contributed by atoms with van der Waals surface area (Å²) in [5.74, 6) is -1.22. The summed E-state index contributed by atoms with van der Waals surface area (Å²) in [5, 5.41) is 5.75. The van der Waals surface area contributed by atoms with Gasteiger partial charge in [-0.2, -0.15) is 0 Å². The second-order valence-corrected chi connectivity index (χ2v) is 11.6. The molecular formula is C23H40N7O6P. The van der Waals surface area contributed by atoms with Gasteiger partial charge in [-0.3, -0.25) is 19.2 Å². The minimum Gasteiger partial charge on any atom is -0.465 e. The highest BCUT2D eigenvalue weighted by atomic mass is 31.2. The van der Waals surface area contributed by atoms with E-state index in [1.54, 1.807) is 38.6 Å². The Morgan fingerprint density at radius 1 is 1.14 bits per heavy atom. The van der Waals surface area contributed by atoms with Gasteiger partial charge in [-0.1, -0.05) is 20.3 Å². The summed E-state index contributed by atoms with van der Waals surface area (Å²) in [6.45, 7) is 11.3. The van der Waals surface area contributed by atoms with E-state index in [0.29, 0.717) is 17.7 Å². The first kappa shape index (κ1) is 30.6. The normalized spacial score (nSPS) is 15.8. The van der Waals surface area contributed by atoms with Crippen molar-refractivity contribution in [2.24, 2.45) is 5.92 Å². The van der Waals surface area contributed by atoms with Gasteiger partial charge >= 0.3 is 11.9 Å². The molecule has 4 N–H and O–H groups in total. The van der Waals surface area contributed by atoms with Crippen LogP contribution < -0.4 is 15.9 Å². The fourth-order valence-electron chi connectivity index (χ4n) is 3.25. The van der Waals surface area contributed by atoms with E-state index in [0.717, 1.165) is 12.8 Å². The standard InChI is InChI=1S/C23H40N7O6P/c1-7-8-9-34-23(32)18(6)29-37(33,28-10-16(4)22(31)36-15(2)3)14-35-17(5)11-30-13-27-19-20(24)25-12-26-21(19)30/h12-13,15-18H,7-11,14H2,1-6H3,(H2,24,25,26)(H2,28,29,33)/t16-,17+,18-,37+/m0/s1. The molecule has 4 atom stereocenters. The number of carbonyl (C=O) groups excluding carboxylic acids is 2. The number of unbranched alkanes of at least 4 members (excludes halogenated alkanes) is 1. The van der Waals surface area contributed by atoms with Crippen molar-refractivity contribution >= 4 is 36.4 Å². The third kappa shape index (κ3) is 9.66. The number of carbonyl (C=O) groups is 2. The second kappa shape index (κ2) is 14.4. The highest BCUT2D eigenvalue weighted by Crippen LogP contribution is 2.37. The molecule has 0 fully saturated rings. The summed E-state index contributed by atoms with van der Waals surface area (Å²) in [5.41, 5.74) is 6.89. The number of esters is 2. The summed E-state index contributed by atoms with van der Waals surface area (Å²) < 4.78 is 32.0. The lowest BCUT2D eigenvalue weighted by molar-refractivity contribution is -0.151. The van der Waals surface area contributed by atoms with E-state index in [2.05, 4.69) is 25.1 Å². The number of ether oxygens (including phenoxy) is 3. The van der Waals surface area contributed by atoms with Crippen molar-refractivity contribution in [3.05, 3.63) is 12.7 Å². The molecule has 0 bridgehead atoms. The van der Waals surface area contributed by atoms with Crippen LogP contribution in [0.5, 0.6) is 0 Å². The number of nitrogens with one attached hydrogen (secondary N) is 2. The number of anilines is 1. The Morgan fingerprint density at radius 2 is 1.86 bits per heavy atom. The van der Waals surface area contributed by atoms with Gasteiger partial charge < -0.3 is 24.5 Å². The highest BCUT2D eigenvalue weighted by Gasteiger charge is 2.30. The molecule has 0 unspecified atom stereocenters. The van der Waals surface area contributed by atoms with Crippen LogP contribution in [-0.2, 0) is 34.9 Å². The third-order valence-electron chi connectivity index (χ3n) is 5.33. The maximum Gasteiger partial charge on any atom is 0.323 e. The van der Waals surface area contributed by atoms with Crippen LogP contribution >= 0.6 is 7.44 Å². The number of hydrogen-bond donors (Lipinski definition) is 3. The summed E-state index contributed by atoms with van der Waals surface area (Å²) in [6, 6.07) is -0.857. The third-order valence-corrected chi connectivity index (χ3v) is 7.34. The maximum atomic E-state index is 13.8. The Labute approximate surface area is 217 Å². The van der Waals surface area contributed by atoms with Crippen molar-refractivity contribution in [2.45, 2.75) is 79.2 Å². The van der Waals surface area contributed by atoms with Gasteiger partial charge in [-0.05, 0) is 34.1 Å². The van der Waals surface area contributed by atoms with Gasteiger partial charge in [0.25, 0.3) is 0 Å². The average molecular weight is 542 g/mol. The van der Waals surface area contributed by atoms with Crippen LogP contribution in [0.15, 0.2) is 12.7 Å². The lowest BCUT2D eigenvalue weighted by atomic mass is 10.2. The molecule has 0 aromatic carbocycles. The zero-order valence-corrected chi connectivity index (χ0v) is 23.4. The zero-order valence-electron chi connectivity index (χ0n) is 22.5. The Balaban J connectivity index is 2.06. The molecule has 0 saturated carbocycles. The smallest absolute Gasteiger partial charge is 0.323 e. The molecule has 14 heteroatoms. The molecule has 0 saturated heterocycles. The van der Waals surface area contributed by atoms with E-state index in [4.69, 9.17) is 19.9 Å². The molecule has 2 heterocycles. The molecule has 2 rings (SSSR count). The zero-order chi connectivity index (χ0) is 27.6. The lowest BCUT2D eigenvalue weighted by Crippen LogP contribution is -2.40.